The second kappa shape index (κ2) is 13.0. The second-order valence-corrected chi connectivity index (χ2v) is 8.03. The van der Waals surface area contributed by atoms with Crippen LogP contribution in [0.5, 0.6) is 0 Å². The fourth-order valence-corrected chi connectivity index (χ4v) is 3.16. The smallest absolute Gasteiger partial charge is 0.253 e. The number of carbonyl (C=O) groups is 1. The molecule has 0 aliphatic carbocycles. The molecule has 1 unspecified atom stereocenters. The minimum absolute atomic E-state index is 0.0283. The zero-order valence-electron chi connectivity index (χ0n) is 20.1. The fraction of sp³-hybridized carbons (Fsp3) is 0.192. The Morgan fingerprint density at radius 1 is 0.750 bits per heavy atom. The van der Waals surface area contributed by atoms with Gasteiger partial charge < -0.3 is 16.8 Å². The molecular formula is C26H17F8N5O. The number of nitrogens with one attached hydrogen (secondary N) is 1. The lowest BCUT2D eigenvalue weighted by molar-refractivity contribution is -0.117. The molecule has 0 fully saturated rings. The third-order valence-electron chi connectivity index (χ3n) is 5.23. The van der Waals surface area contributed by atoms with Gasteiger partial charge in [0.05, 0.1) is 6.04 Å². The van der Waals surface area contributed by atoms with Crippen molar-refractivity contribution in [1.29, 1.82) is 0 Å². The number of nitrogens with zero attached hydrogens (tertiary/aromatic N) is 2. The van der Waals surface area contributed by atoms with Gasteiger partial charge in [-0.1, -0.05) is 30.1 Å². The van der Waals surface area contributed by atoms with E-state index in [9.17, 15) is 39.9 Å². The van der Waals surface area contributed by atoms with Crippen LogP contribution in [0.1, 0.15) is 41.5 Å². The quantitative estimate of drug-likeness (QED) is 0.182. The monoisotopic (exact) mass is 567 g/mol. The maximum atomic E-state index is 14.0. The van der Waals surface area contributed by atoms with Crippen LogP contribution in [0.15, 0.2) is 18.2 Å². The number of halogens is 8. The van der Waals surface area contributed by atoms with Crippen molar-refractivity contribution < 1.29 is 39.9 Å². The Bertz CT molecular complexity index is 1540. The summed E-state index contributed by atoms with van der Waals surface area (Å²) in [5.41, 5.74) is 8.10. The lowest BCUT2D eigenvalue weighted by Gasteiger charge is -2.12. The van der Waals surface area contributed by atoms with E-state index in [2.05, 4.69) is 27.1 Å². The lowest BCUT2D eigenvalue weighted by atomic mass is 10.0. The van der Waals surface area contributed by atoms with Crippen molar-refractivity contribution in [3.05, 3.63) is 87.5 Å². The van der Waals surface area contributed by atoms with Gasteiger partial charge in [0.25, 0.3) is 23.8 Å². The van der Waals surface area contributed by atoms with E-state index in [0.29, 0.717) is 25.8 Å². The highest BCUT2D eigenvalue weighted by Crippen LogP contribution is 2.20. The maximum absolute atomic E-state index is 14.0. The van der Waals surface area contributed by atoms with Crippen molar-refractivity contribution >= 4 is 11.6 Å². The first-order chi connectivity index (χ1) is 18.9. The number of carbonyl (C=O) groups excluding carboxylic acids is 1. The van der Waals surface area contributed by atoms with Crippen LogP contribution in [0.25, 0.3) is 0 Å². The van der Waals surface area contributed by atoms with Crippen LogP contribution in [0.4, 0.5) is 40.8 Å². The van der Waals surface area contributed by atoms with Gasteiger partial charge in [-0.05, 0) is 37.6 Å². The summed E-state index contributed by atoms with van der Waals surface area (Å²) in [4.78, 5) is 17.2. The van der Waals surface area contributed by atoms with Gasteiger partial charge in [-0.15, -0.1) is 0 Å². The van der Waals surface area contributed by atoms with E-state index in [0.717, 1.165) is 12.1 Å². The first kappa shape index (κ1) is 30.0. The van der Waals surface area contributed by atoms with E-state index in [1.807, 2.05) is 11.8 Å². The normalized spacial score (nSPS) is 11.2. The van der Waals surface area contributed by atoms with Crippen LogP contribution in [-0.2, 0) is 4.79 Å². The zero-order valence-corrected chi connectivity index (χ0v) is 20.1. The molecule has 2 aromatic heterocycles. The molecule has 1 amide bonds. The van der Waals surface area contributed by atoms with Gasteiger partial charge in [0.1, 0.15) is 11.1 Å². The molecule has 3 aromatic rings. The predicted octanol–water partition coefficient (Wildman–Crippen LogP) is 3.78. The van der Waals surface area contributed by atoms with Crippen LogP contribution in [0.2, 0.25) is 0 Å². The number of hydrogen-bond acceptors (Lipinski definition) is 5. The van der Waals surface area contributed by atoms with E-state index < -0.39 is 70.1 Å². The van der Waals surface area contributed by atoms with Crippen LogP contribution in [-0.4, -0.2) is 28.5 Å². The van der Waals surface area contributed by atoms with Crippen molar-refractivity contribution in [2.75, 3.05) is 11.9 Å². The number of pyridine rings is 2. The zero-order chi connectivity index (χ0) is 29.6. The molecule has 0 aliphatic heterocycles. The van der Waals surface area contributed by atoms with E-state index >= 15 is 0 Å². The van der Waals surface area contributed by atoms with Crippen LogP contribution >= 0.6 is 0 Å². The number of amides is 1. The highest BCUT2D eigenvalue weighted by atomic mass is 19.2. The SMILES string of the molecule is NCCCCC(N)C(=O)Nc1ccc(C#Cc2c(F)c(F)nc(F)c2F)c(C#Cc2c(F)c(F)nc(F)c2F)c1. The average molecular weight is 567 g/mol. The van der Waals surface area contributed by atoms with Crippen molar-refractivity contribution in [1.82, 2.24) is 9.97 Å². The molecule has 0 bridgehead atoms. The molecule has 0 saturated carbocycles. The number of anilines is 1. The molecular weight excluding hydrogens is 550 g/mol. The van der Waals surface area contributed by atoms with Crippen molar-refractivity contribution in [2.45, 2.75) is 25.3 Å². The Morgan fingerprint density at radius 2 is 1.23 bits per heavy atom. The van der Waals surface area contributed by atoms with Gasteiger partial charge in [0.2, 0.25) is 5.91 Å². The first-order valence-electron chi connectivity index (χ1n) is 11.3. The standard InChI is InChI=1S/C26H17F8N5O/c27-18-15(19(28)23(32)38-22(18)31)8-5-12-4-7-14(37-26(40)17(36)3-1-2-10-35)11-13(12)6-9-16-20(29)24(33)39-25(34)21(16)30/h4,7,11,17H,1-3,10,35-36H2,(H,37,40). The first-order valence-corrected chi connectivity index (χ1v) is 11.3. The molecule has 0 aliphatic rings. The Hall–Kier alpha value is -4.53. The number of aromatic nitrogens is 2. The van der Waals surface area contributed by atoms with Crippen molar-refractivity contribution in [2.24, 2.45) is 11.5 Å². The van der Waals surface area contributed by atoms with Crippen molar-refractivity contribution in [3.8, 4) is 23.7 Å². The van der Waals surface area contributed by atoms with E-state index in [-0.39, 0.29) is 16.8 Å². The van der Waals surface area contributed by atoms with Gasteiger partial charge in [-0.3, -0.25) is 4.79 Å². The molecule has 40 heavy (non-hydrogen) atoms. The molecule has 208 valence electrons. The minimum Gasteiger partial charge on any atom is -0.330 e. The summed E-state index contributed by atoms with van der Waals surface area (Å²) in [5, 5.41) is 2.47. The second-order valence-electron chi connectivity index (χ2n) is 8.03. The fourth-order valence-electron chi connectivity index (χ4n) is 3.16. The molecule has 6 nitrogen and oxygen atoms in total. The molecule has 3 rings (SSSR count). The Labute approximate surface area is 221 Å². The van der Waals surface area contributed by atoms with Crippen molar-refractivity contribution in [3.63, 3.8) is 0 Å². The molecule has 0 radical (unpaired) electrons. The molecule has 5 N–H and O–H groups in total. The van der Waals surface area contributed by atoms with Crippen LogP contribution < -0.4 is 16.8 Å². The highest BCUT2D eigenvalue weighted by molar-refractivity contribution is 5.94. The van der Waals surface area contributed by atoms with Gasteiger partial charge in [-0.2, -0.15) is 27.5 Å². The van der Waals surface area contributed by atoms with Crippen LogP contribution in [0.3, 0.4) is 0 Å². The maximum Gasteiger partial charge on any atom is 0.253 e. The summed E-state index contributed by atoms with van der Waals surface area (Å²) >= 11 is 0. The lowest BCUT2D eigenvalue weighted by Crippen LogP contribution is -2.35. The molecule has 0 spiro atoms. The summed E-state index contributed by atoms with van der Waals surface area (Å²) in [6.07, 6.45) is 1.49. The van der Waals surface area contributed by atoms with E-state index in [1.54, 1.807) is 0 Å². The minimum atomic E-state index is -1.97. The average Bonchev–Trinajstić information content (AvgIpc) is 2.91. The molecule has 1 atom stereocenters. The third-order valence-corrected chi connectivity index (χ3v) is 5.23. The highest BCUT2D eigenvalue weighted by Gasteiger charge is 2.21. The summed E-state index contributed by atoms with van der Waals surface area (Å²) < 4.78 is 110. The molecule has 14 heteroatoms. The summed E-state index contributed by atoms with van der Waals surface area (Å²) in [7, 11) is 0. The molecule has 1 aromatic carbocycles. The number of unbranched alkanes of at least 4 members (excludes halogenated alkanes) is 1. The van der Waals surface area contributed by atoms with E-state index in [1.165, 1.54) is 6.07 Å². The summed E-state index contributed by atoms with van der Waals surface area (Å²) in [6, 6.07) is 2.55. The Morgan fingerprint density at radius 3 is 1.70 bits per heavy atom. The Kier molecular flexibility index (Phi) is 9.77. The predicted molar refractivity (Wildman–Crippen MR) is 126 cm³/mol. The number of benzene rings is 1. The van der Waals surface area contributed by atoms with Gasteiger partial charge in [-0.25, -0.2) is 17.6 Å². The summed E-state index contributed by atoms with van der Waals surface area (Å²) in [6.45, 7) is 0.401. The van der Waals surface area contributed by atoms with Gasteiger partial charge >= 0.3 is 0 Å². The topological polar surface area (TPSA) is 107 Å². The van der Waals surface area contributed by atoms with Crippen LogP contribution in [0, 0.1) is 70.7 Å². The number of hydrogen-bond donors (Lipinski definition) is 3. The number of rotatable bonds is 6. The molecule has 0 saturated heterocycles. The van der Waals surface area contributed by atoms with Gasteiger partial charge in [0.15, 0.2) is 23.3 Å². The number of nitrogens with two attached hydrogens (primary N) is 2. The summed E-state index contributed by atoms with van der Waals surface area (Å²) in [5.74, 6) is -7.92. The molecule has 2 heterocycles. The Balaban J connectivity index is 2.09. The van der Waals surface area contributed by atoms with E-state index in [4.69, 9.17) is 11.5 Å². The third kappa shape index (κ3) is 6.91. The largest absolute Gasteiger partial charge is 0.330 e. The van der Waals surface area contributed by atoms with Gasteiger partial charge in [0, 0.05) is 16.8 Å².